The lowest BCUT2D eigenvalue weighted by molar-refractivity contribution is 0.331. The number of hydrogen-bond donors (Lipinski definition) is 2. The zero-order valence-electron chi connectivity index (χ0n) is 7.01. The smallest absolute Gasteiger partial charge is 0.0319 e. The quantitative estimate of drug-likeness (QED) is 0.537. The molecule has 0 aromatic carbocycles. The third-order valence-corrected chi connectivity index (χ3v) is 2.18. The van der Waals surface area contributed by atoms with Gasteiger partial charge in [-0.25, -0.2) is 0 Å². The van der Waals surface area contributed by atoms with Gasteiger partial charge < -0.3 is 10.8 Å². The van der Waals surface area contributed by atoms with Crippen molar-refractivity contribution in [2.24, 2.45) is 11.7 Å². The zero-order valence-corrected chi connectivity index (χ0v) is 7.01. The van der Waals surface area contributed by atoms with E-state index in [1.807, 2.05) is 0 Å². The van der Waals surface area contributed by atoms with Gasteiger partial charge in [0, 0.05) is 13.2 Å². The molecule has 2 heteroatoms. The molecule has 0 amide bonds. The molecular weight excluding hydrogens is 126 g/mol. The van der Waals surface area contributed by atoms with Crippen LogP contribution in [-0.4, -0.2) is 18.3 Å². The molecule has 0 aromatic rings. The topological polar surface area (TPSA) is 46.2 Å². The highest BCUT2D eigenvalue weighted by atomic mass is 16.2. The van der Waals surface area contributed by atoms with Gasteiger partial charge in [0.05, 0.1) is 0 Å². The number of aliphatic hydroxyl groups excluding tert-OH is 1. The summed E-state index contributed by atoms with van der Waals surface area (Å²) < 4.78 is 0. The molecule has 1 aliphatic carbocycles. The maximum absolute atomic E-state index is 7.00. The van der Waals surface area contributed by atoms with E-state index in [1.165, 1.54) is 25.7 Å². The first kappa shape index (κ1) is 9.92. The van der Waals surface area contributed by atoms with Crippen molar-refractivity contribution in [3.63, 3.8) is 0 Å². The van der Waals surface area contributed by atoms with E-state index in [0.717, 1.165) is 13.0 Å². The number of rotatable bonds is 0. The Balaban J connectivity index is 0.000000371. The second-order valence-corrected chi connectivity index (χ2v) is 2.93. The standard InChI is InChI=1S/C7H15N.CH4O/c1-6-4-2-3-5-7(6)8;1-2/h6-7H,2-5,8H2,1H3;2H,1H3. The van der Waals surface area contributed by atoms with E-state index in [4.69, 9.17) is 10.8 Å². The molecule has 1 aliphatic rings. The van der Waals surface area contributed by atoms with E-state index in [9.17, 15) is 0 Å². The summed E-state index contributed by atoms with van der Waals surface area (Å²) >= 11 is 0. The van der Waals surface area contributed by atoms with Crippen LogP contribution in [0.15, 0.2) is 0 Å². The van der Waals surface area contributed by atoms with Gasteiger partial charge >= 0.3 is 0 Å². The molecule has 0 bridgehead atoms. The van der Waals surface area contributed by atoms with Gasteiger partial charge in [-0.1, -0.05) is 19.8 Å². The van der Waals surface area contributed by atoms with Crippen LogP contribution in [0.25, 0.3) is 0 Å². The van der Waals surface area contributed by atoms with Gasteiger partial charge in [-0.2, -0.15) is 0 Å². The van der Waals surface area contributed by atoms with E-state index < -0.39 is 0 Å². The number of nitrogens with two attached hydrogens (primary N) is 1. The first-order valence-electron chi connectivity index (χ1n) is 4.01. The minimum absolute atomic E-state index is 0.503. The Hall–Kier alpha value is -0.0800. The molecule has 10 heavy (non-hydrogen) atoms. The van der Waals surface area contributed by atoms with Crippen molar-refractivity contribution >= 4 is 0 Å². The molecule has 62 valence electrons. The van der Waals surface area contributed by atoms with E-state index in [0.29, 0.717) is 6.04 Å². The van der Waals surface area contributed by atoms with Crippen LogP contribution < -0.4 is 5.73 Å². The summed E-state index contributed by atoms with van der Waals surface area (Å²) in [6.45, 7) is 2.25. The largest absolute Gasteiger partial charge is 0.400 e. The molecule has 1 rings (SSSR count). The van der Waals surface area contributed by atoms with E-state index in [1.54, 1.807) is 0 Å². The number of aliphatic hydroxyl groups is 1. The van der Waals surface area contributed by atoms with Crippen LogP contribution in [0.1, 0.15) is 32.6 Å². The Morgan fingerprint density at radius 2 is 1.70 bits per heavy atom. The van der Waals surface area contributed by atoms with Gasteiger partial charge in [-0.3, -0.25) is 0 Å². The van der Waals surface area contributed by atoms with Gasteiger partial charge in [0.25, 0.3) is 0 Å². The molecule has 0 aliphatic heterocycles. The van der Waals surface area contributed by atoms with Crippen LogP contribution in [0.5, 0.6) is 0 Å². The zero-order chi connectivity index (χ0) is 7.98. The SMILES string of the molecule is CC1CCCCC1N.CO. The molecule has 0 spiro atoms. The summed E-state index contributed by atoms with van der Waals surface area (Å²) in [6, 6.07) is 0.503. The Morgan fingerprint density at radius 3 is 2.00 bits per heavy atom. The molecule has 0 aromatic heterocycles. The average Bonchev–Trinajstić information content (AvgIpc) is 2.00. The highest BCUT2D eigenvalue weighted by molar-refractivity contribution is 4.73. The summed E-state index contributed by atoms with van der Waals surface area (Å²) in [4.78, 5) is 0. The summed E-state index contributed by atoms with van der Waals surface area (Å²) in [5.74, 6) is 0.781. The maximum Gasteiger partial charge on any atom is 0.0319 e. The van der Waals surface area contributed by atoms with Crippen molar-refractivity contribution in [1.82, 2.24) is 0 Å². The highest BCUT2D eigenvalue weighted by Crippen LogP contribution is 2.21. The fourth-order valence-electron chi connectivity index (χ4n) is 1.34. The third kappa shape index (κ3) is 3.18. The molecule has 2 nitrogen and oxygen atoms in total. The average molecular weight is 145 g/mol. The van der Waals surface area contributed by atoms with Crippen LogP contribution in [0.3, 0.4) is 0 Å². The van der Waals surface area contributed by atoms with Crippen LogP contribution in [0.4, 0.5) is 0 Å². The summed E-state index contributed by atoms with van der Waals surface area (Å²) in [6.07, 6.45) is 5.35. The van der Waals surface area contributed by atoms with Gasteiger partial charge in [0.2, 0.25) is 0 Å². The third-order valence-electron chi connectivity index (χ3n) is 2.18. The van der Waals surface area contributed by atoms with E-state index in [2.05, 4.69) is 6.92 Å². The van der Waals surface area contributed by atoms with E-state index in [-0.39, 0.29) is 0 Å². The molecule has 1 fully saturated rings. The van der Waals surface area contributed by atoms with Gasteiger partial charge in [-0.15, -0.1) is 0 Å². The van der Waals surface area contributed by atoms with Gasteiger partial charge in [0.15, 0.2) is 0 Å². The first-order valence-corrected chi connectivity index (χ1v) is 4.01. The van der Waals surface area contributed by atoms with Crippen molar-refractivity contribution < 1.29 is 5.11 Å². The van der Waals surface area contributed by atoms with Crippen molar-refractivity contribution in [2.45, 2.75) is 38.6 Å². The van der Waals surface area contributed by atoms with Crippen LogP contribution in [0.2, 0.25) is 0 Å². The molecule has 2 atom stereocenters. The molecular formula is C8H19NO. The Morgan fingerprint density at radius 1 is 1.20 bits per heavy atom. The maximum atomic E-state index is 7.00. The molecule has 1 saturated carbocycles. The second-order valence-electron chi connectivity index (χ2n) is 2.93. The van der Waals surface area contributed by atoms with Crippen molar-refractivity contribution in [3.8, 4) is 0 Å². The van der Waals surface area contributed by atoms with E-state index >= 15 is 0 Å². The predicted molar refractivity (Wildman–Crippen MR) is 43.8 cm³/mol. The normalized spacial score (nSPS) is 32.4. The van der Waals surface area contributed by atoms with Gasteiger partial charge in [-0.05, 0) is 18.8 Å². The first-order chi connectivity index (χ1) is 4.80. The second kappa shape index (κ2) is 5.69. The highest BCUT2D eigenvalue weighted by Gasteiger charge is 2.15. The summed E-state index contributed by atoms with van der Waals surface area (Å²) in [5, 5.41) is 7.00. The molecule has 2 unspecified atom stereocenters. The molecule has 0 saturated heterocycles. The number of hydrogen-bond acceptors (Lipinski definition) is 2. The lowest BCUT2D eigenvalue weighted by Gasteiger charge is -2.24. The fraction of sp³-hybridized carbons (Fsp3) is 1.00. The van der Waals surface area contributed by atoms with Gasteiger partial charge in [0.1, 0.15) is 0 Å². The molecule has 0 radical (unpaired) electrons. The summed E-state index contributed by atoms with van der Waals surface area (Å²) in [7, 11) is 1.00. The predicted octanol–water partition coefficient (Wildman–Crippen LogP) is 1.13. The van der Waals surface area contributed by atoms with Crippen molar-refractivity contribution in [3.05, 3.63) is 0 Å². The Bertz CT molecular complexity index is 65.7. The summed E-state index contributed by atoms with van der Waals surface area (Å²) in [5.41, 5.74) is 5.78. The minimum Gasteiger partial charge on any atom is -0.400 e. The monoisotopic (exact) mass is 145 g/mol. The van der Waals surface area contributed by atoms with Crippen molar-refractivity contribution in [2.75, 3.05) is 7.11 Å². The van der Waals surface area contributed by atoms with Crippen LogP contribution in [0, 0.1) is 5.92 Å². The fourth-order valence-corrected chi connectivity index (χ4v) is 1.34. The minimum atomic E-state index is 0.503. The lowest BCUT2D eigenvalue weighted by atomic mass is 9.87. The Kier molecular flexibility index (Phi) is 5.64. The Labute approximate surface area is 63.4 Å². The lowest BCUT2D eigenvalue weighted by Crippen LogP contribution is -2.30. The molecule has 3 N–H and O–H groups in total. The van der Waals surface area contributed by atoms with Crippen LogP contribution >= 0.6 is 0 Å². The van der Waals surface area contributed by atoms with Crippen LogP contribution in [-0.2, 0) is 0 Å². The van der Waals surface area contributed by atoms with Crippen molar-refractivity contribution in [1.29, 1.82) is 0 Å². The molecule has 0 heterocycles.